The molecule has 1 saturated carbocycles. The number of hydrogen-bond donors (Lipinski definition) is 1. The Kier molecular flexibility index (Phi) is 3.78. The van der Waals surface area contributed by atoms with Gasteiger partial charge >= 0.3 is 0 Å². The number of aliphatic hydroxyl groups excluding tert-OH is 1. The maximum absolute atomic E-state index is 11.9. The van der Waals surface area contributed by atoms with Gasteiger partial charge in [0, 0.05) is 24.2 Å². The van der Waals surface area contributed by atoms with Crippen LogP contribution in [0.4, 0.5) is 0 Å². The van der Waals surface area contributed by atoms with Crippen LogP contribution in [0.1, 0.15) is 30.9 Å². The molecule has 3 atom stereocenters. The predicted molar refractivity (Wildman–Crippen MR) is 72.4 cm³/mol. The van der Waals surface area contributed by atoms with Crippen LogP contribution in [0.2, 0.25) is 0 Å². The highest BCUT2D eigenvalue weighted by Gasteiger charge is 2.57. The number of hydrogen-bond acceptors (Lipinski definition) is 3. The Morgan fingerprint density at radius 3 is 2.22 bits per heavy atom. The van der Waals surface area contributed by atoms with Crippen LogP contribution < -0.4 is 0 Å². The third kappa shape index (κ3) is 2.31. The van der Waals surface area contributed by atoms with E-state index in [0.29, 0.717) is 0 Å². The maximum Gasteiger partial charge on any atom is 0.153 e. The lowest BCUT2D eigenvalue weighted by atomic mass is 10.1. The number of benzene rings is 1. The van der Waals surface area contributed by atoms with Gasteiger partial charge in [-0.3, -0.25) is 0 Å². The first-order valence-electron chi connectivity index (χ1n) is 6.46. The molecule has 0 amide bonds. The molecule has 1 aromatic carbocycles. The van der Waals surface area contributed by atoms with E-state index < -0.39 is 9.84 Å². The molecule has 18 heavy (non-hydrogen) atoms. The molecule has 0 aromatic heterocycles. The molecule has 4 heteroatoms. The van der Waals surface area contributed by atoms with Gasteiger partial charge in [0.1, 0.15) is 0 Å². The summed E-state index contributed by atoms with van der Waals surface area (Å²) >= 11 is 0. The second-order valence-electron chi connectivity index (χ2n) is 4.88. The highest BCUT2D eigenvalue weighted by Crippen LogP contribution is 2.52. The number of aryl methyl sites for hydroxylation is 1. The van der Waals surface area contributed by atoms with Crippen molar-refractivity contribution < 1.29 is 13.5 Å². The lowest BCUT2D eigenvalue weighted by molar-refractivity contribution is 0.274. The maximum atomic E-state index is 11.9. The van der Waals surface area contributed by atoms with Gasteiger partial charge in [0.2, 0.25) is 0 Å². The lowest BCUT2D eigenvalue weighted by Crippen LogP contribution is -2.13. The third-order valence-corrected chi connectivity index (χ3v) is 6.17. The summed E-state index contributed by atoms with van der Waals surface area (Å²) in [7, 11) is -3.06. The second kappa shape index (κ2) is 5.02. The molecule has 0 bridgehead atoms. The van der Waals surface area contributed by atoms with Crippen molar-refractivity contribution in [3.8, 4) is 0 Å². The third-order valence-electron chi connectivity index (χ3n) is 3.90. The van der Waals surface area contributed by atoms with Crippen molar-refractivity contribution in [2.24, 2.45) is 5.92 Å². The van der Waals surface area contributed by atoms with Crippen molar-refractivity contribution in [1.82, 2.24) is 0 Å². The summed E-state index contributed by atoms with van der Waals surface area (Å²) in [4.78, 5) is 0. The zero-order chi connectivity index (χ0) is 13.3. The van der Waals surface area contributed by atoms with Crippen LogP contribution in [0.15, 0.2) is 24.3 Å². The number of rotatable bonds is 5. The van der Waals surface area contributed by atoms with Gasteiger partial charge in [-0.25, -0.2) is 8.42 Å². The van der Waals surface area contributed by atoms with Gasteiger partial charge in [0.05, 0.1) is 5.25 Å². The van der Waals surface area contributed by atoms with Crippen molar-refractivity contribution in [2.45, 2.75) is 31.4 Å². The number of aliphatic hydroxyl groups is 1. The Labute approximate surface area is 109 Å². The van der Waals surface area contributed by atoms with Crippen LogP contribution in [0.25, 0.3) is 0 Å². The Morgan fingerprint density at radius 1 is 1.17 bits per heavy atom. The standard InChI is InChI=1S/C14H20O3S/c1-3-10-5-7-11(8-6-10)13-12(9-15)14(13)18(16,17)4-2/h5-8,12-15H,3-4,9H2,1-2H3/t12-,13+,14-/m0/s1. The molecule has 0 spiro atoms. The van der Waals surface area contributed by atoms with Crippen molar-refractivity contribution in [1.29, 1.82) is 0 Å². The van der Waals surface area contributed by atoms with E-state index in [9.17, 15) is 13.5 Å². The minimum absolute atomic E-state index is 0.0224. The average molecular weight is 268 g/mol. The summed E-state index contributed by atoms with van der Waals surface area (Å²) in [5.41, 5.74) is 2.28. The Morgan fingerprint density at radius 2 is 1.78 bits per heavy atom. The van der Waals surface area contributed by atoms with E-state index in [4.69, 9.17) is 0 Å². The van der Waals surface area contributed by atoms with Crippen LogP contribution >= 0.6 is 0 Å². The van der Waals surface area contributed by atoms with Crippen molar-refractivity contribution in [2.75, 3.05) is 12.4 Å². The molecule has 1 aromatic rings. The van der Waals surface area contributed by atoms with Crippen LogP contribution in [-0.2, 0) is 16.3 Å². The van der Waals surface area contributed by atoms with Gasteiger partial charge < -0.3 is 5.11 Å². The molecule has 1 N–H and O–H groups in total. The topological polar surface area (TPSA) is 54.4 Å². The first kappa shape index (κ1) is 13.6. The highest BCUT2D eigenvalue weighted by atomic mass is 32.2. The van der Waals surface area contributed by atoms with Crippen LogP contribution in [0.3, 0.4) is 0 Å². The van der Waals surface area contributed by atoms with Gasteiger partial charge in [-0.2, -0.15) is 0 Å². The summed E-state index contributed by atoms with van der Waals surface area (Å²) in [5.74, 6) is 0.00540. The van der Waals surface area contributed by atoms with E-state index in [1.807, 2.05) is 24.3 Å². The van der Waals surface area contributed by atoms with Gasteiger partial charge in [-0.05, 0) is 17.5 Å². The molecule has 1 fully saturated rings. The first-order valence-corrected chi connectivity index (χ1v) is 8.18. The summed E-state index contributed by atoms with van der Waals surface area (Å²) in [6.45, 7) is 3.70. The molecule has 100 valence electrons. The van der Waals surface area contributed by atoms with Crippen LogP contribution in [0, 0.1) is 5.92 Å². The fourth-order valence-corrected chi connectivity index (χ4v) is 4.54. The van der Waals surface area contributed by atoms with E-state index in [2.05, 4.69) is 6.92 Å². The fourth-order valence-electron chi connectivity index (χ4n) is 2.65. The molecule has 0 radical (unpaired) electrons. The second-order valence-corrected chi connectivity index (χ2v) is 7.33. The van der Waals surface area contributed by atoms with Crippen LogP contribution in [-0.4, -0.2) is 31.1 Å². The van der Waals surface area contributed by atoms with Crippen molar-refractivity contribution >= 4 is 9.84 Å². The average Bonchev–Trinajstić information content (AvgIpc) is 3.14. The van der Waals surface area contributed by atoms with E-state index in [1.54, 1.807) is 6.92 Å². The fraction of sp³-hybridized carbons (Fsp3) is 0.571. The largest absolute Gasteiger partial charge is 0.396 e. The number of sulfone groups is 1. The molecule has 0 heterocycles. The minimum atomic E-state index is -3.06. The summed E-state index contributed by atoms with van der Waals surface area (Å²) in [6, 6.07) is 8.07. The highest BCUT2D eigenvalue weighted by molar-refractivity contribution is 7.92. The van der Waals surface area contributed by atoms with Gasteiger partial charge in [0.25, 0.3) is 0 Å². The van der Waals surface area contributed by atoms with E-state index in [-0.39, 0.29) is 29.4 Å². The molecular weight excluding hydrogens is 248 g/mol. The smallest absolute Gasteiger partial charge is 0.153 e. The molecule has 0 unspecified atom stereocenters. The van der Waals surface area contributed by atoms with Gasteiger partial charge in [0.15, 0.2) is 9.84 Å². The Hall–Kier alpha value is -0.870. The Bertz CT molecular complexity index is 504. The Balaban J connectivity index is 2.23. The summed E-state index contributed by atoms with van der Waals surface area (Å²) in [5, 5.41) is 8.91. The van der Waals surface area contributed by atoms with Gasteiger partial charge in [-0.1, -0.05) is 38.1 Å². The van der Waals surface area contributed by atoms with Crippen molar-refractivity contribution in [3.63, 3.8) is 0 Å². The molecule has 1 aliphatic rings. The van der Waals surface area contributed by atoms with E-state index in [0.717, 1.165) is 12.0 Å². The van der Waals surface area contributed by atoms with Crippen molar-refractivity contribution in [3.05, 3.63) is 35.4 Å². The zero-order valence-electron chi connectivity index (χ0n) is 10.8. The molecule has 0 saturated heterocycles. The molecular formula is C14H20O3S. The summed E-state index contributed by atoms with van der Waals surface area (Å²) < 4.78 is 23.9. The molecule has 0 aliphatic heterocycles. The van der Waals surface area contributed by atoms with Crippen LogP contribution in [0.5, 0.6) is 0 Å². The van der Waals surface area contributed by atoms with E-state index in [1.165, 1.54) is 5.56 Å². The first-order chi connectivity index (χ1) is 8.55. The van der Waals surface area contributed by atoms with E-state index >= 15 is 0 Å². The monoisotopic (exact) mass is 268 g/mol. The van der Waals surface area contributed by atoms with Gasteiger partial charge in [-0.15, -0.1) is 0 Å². The SMILES string of the molecule is CCc1ccc([C@@H]2[C@H](CO)[C@@H]2S(=O)(=O)CC)cc1. The summed E-state index contributed by atoms with van der Waals surface area (Å²) in [6.07, 6.45) is 0.977. The molecule has 2 rings (SSSR count). The normalized spacial score (nSPS) is 27.2. The molecule has 1 aliphatic carbocycles. The lowest BCUT2D eigenvalue weighted by Gasteiger charge is -2.02. The quantitative estimate of drug-likeness (QED) is 0.885. The minimum Gasteiger partial charge on any atom is -0.396 e. The molecule has 3 nitrogen and oxygen atoms in total. The predicted octanol–water partition coefficient (Wildman–Crippen LogP) is 1.76. The zero-order valence-corrected chi connectivity index (χ0v) is 11.7.